The van der Waals surface area contributed by atoms with E-state index in [0.717, 1.165) is 4.70 Å². The molecular formula is C29H24N2O7S. The van der Waals surface area contributed by atoms with Gasteiger partial charge in [-0.3, -0.25) is 14.5 Å². The van der Waals surface area contributed by atoms with E-state index >= 15 is 0 Å². The second-order valence-corrected chi connectivity index (χ2v) is 9.58. The number of carbonyl (C=O) groups is 3. The Hall–Kier alpha value is -4.70. The number of ether oxygens (including phenoxy) is 3. The third-order valence-corrected chi connectivity index (χ3v) is 7.32. The largest absolute Gasteiger partial charge is 0.507 e. The van der Waals surface area contributed by atoms with Crippen molar-refractivity contribution < 1.29 is 33.7 Å². The second kappa shape index (κ2) is 10.6. The molecule has 10 heteroatoms. The lowest BCUT2D eigenvalue weighted by Gasteiger charge is -2.23. The zero-order chi connectivity index (χ0) is 27.7. The fourth-order valence-corrected chi connectivity index (χ4v) is 5.46. The third-order valence-electron chi connectivity index (χ3n) is 6.30. The third kappa shape index (κ3) is 4.70. The molecule has 0 saturated carbocycles. The van der Waals surface area contributed by atoms with Gasteiger partial charge in [0.1, 0.15) is 17.3 Å². The number of aromatic nitrogens is 1. The average molecular weight is 545 g/mol. The molecular weight excluding hydrogens is 520 g/mol. The molecule has 0 spiro atoms. The van der Waals surface area contributed by atoms with Crippen molar-refractivity contribution >= 4 is 50.1 Å². The van der Waals surface area contributed by atoms with Crippen LogP contribution in [0.2, 0.25) is 0 Å². The summed E-state index contributed by atoms with van der Waals surface area (Å²) >= 11 is 1.23. The number of methoxy groups -OCH3 is 2. The summed E-state index contributed by atoms with van der Waals surface area (Å²) < 4.78 is 16.4. The van der Waals surface area contributed by atoms with Gasteiger partial charge < -0.3 is 19.3 Å². The predicted octanol–water partition coefficient (Wildman–Crippen LogP) is 5.12. The van der Waals surface area contributed by atoms with Gasteiger partial charge in [0, 0.05) is 5.56 Å². The Bertz CT molecular complexity index is 1620. The SMILES string of the molecule is CCOc1ccc2nc(N3C(=O)C(=O)C(=C(O)c4cccc(OC)c4)C3c3ccc(C(=O)OC)cc3)sc2c1. The molecule has 1 N–H and O–H groups in total. The Labute approximate surface area is 227 Å². The van der Waals surface area contributed by atoms with Crippen molar-refractivity contribution in [3.63, 3.8) is 0 Å². The molecule has 2 heterocycles. The highest BCUT2D eigenvalue weighted by molar-refractivity contribution is 7.22. The van der Waals surface area contributed by atoms with Gasteiger partial charge in [-0.2, -0.15) is 0 Å². The van der Waals surface area contributed by atoms with Crippen molar-refractivity contribution in [2.24, 2.45) is 0 Å². The summed E-state index contributed by atoms with van der Waals surface area (Å²) in [4.78, 5) is 44.9. The highest BCUT2D eigenvalue weighted by atomic mass is 32.1. The van der Waals surface area contributed by atoms with E-state index in [2.05, 4.69) is 4.98 Å². The Morgan fingerprint density at radius 2 is 1.77 bits per heavy atom. The number of esters is 1. The number of aliphatic hydroxyl groups is 1. The van der Waals surface area contributed by atoms with Crippen LogP contribution in [0.5, 0.6) is 11.5 Å². The van der Waals surface area contributed by atoms with Crippen LogP contribution in [0.25, 0.3) is 16.0 Å². The van der Waals surface area contributed by atoms with Gasteiger partial charge in [0.25, 0.3) is 5.78 Å². The number of hydrogen-bond acceptors (Lipinski definition) is 9. The van der Waals surface area contributed by atoms with E-state index in [9.17, 15) is 19.5 Å². The molecule has 39 heavy (non-hydrogen) atoms. The van der Waals surface area contributed by atoms with Crippen LogP contribution in [0.3, 0.4) is 0 Å². The van der Waals surface area contributed by atoms with Gasteiger partial charge in [0.15, 0.2) is 5.13 Å². The first kappa shape index (κ1) is 25.9. The first-order valence-electron chi connectivity index (χ1n) is 12.0. The number of fused-ring (bicyclic) bond motifs is 1. The summed E-state index contributed by atoms with van der Waals surface area (Å²) in [6, 6.07) is 17.3. The molecule has 0 radical (unpaired) electrons. The minimum Gasteiger partial charge on any atom is -0.507 e. The number of thiazole rings is 1. The van der Waals surface area contributed by atoms with Crippen LogP contribution in [-0.4, -0.2) is 48.6 Å². The van der Waals surface area contributed by atoms with Gasteiger partial charge in [0.05, 0.1) is 48.2 Å². The van der Waals surface area contributed by atoms with Crippen molar-refractivity contribution in [1.82, 2.24) is 4.98 Å². The molecule has 1 aliphatic rings. The summed E-state index contributed by atoms with van der Waals surface area (Å²) in [5.74, 6) is -1.42. The summed E-state index contributed by atoms with van der Waals surface area (Å²) in [5.41, 5.74) is 1.64. The summed E-state index contributed by atoms with van der Waals surface area (Å²) in [5, 5.41) is 11.6. The first-order chi connectivity index (χ1) is 18.9. The maximum Gasteiger partial charge on any atom is 0.337 e. The zero-order valence-electron chi connectivity index (χ0n) is 21.3. The second-order valence-electron chi connectivity index (χ2n) is 8.57. The van der Waals surface area contributed by atoms with Crippen LogP contribution in [0.4, 0.5) is 5.13 Å². The van der Waals surface area contributed by atoms with E-state index in [-0.39, 0.29) is 16.5 Å². The zero-order valence-corrected chi connectivity index (χ0v) is 22.2. The van der Waals surface area contributed by atoms with Crippen LogP contribution in [0, 0.1) is 0 Å². The number of Topliss-reactive ketones (excluding diaryl/α,β-unsaturated/α-hetero) is 1. The monoisotopic (exact) mass is 544 g/mol. The van der Waals surface area contributed by atoms with E-state index in [0.29, 0.717) is 40.3 Å². The molecule has 1 atom stereocenters. The summed E-state index contributed by atoms with van der Waals surface area (Å²) in [6.45, 7) is 2.38. The lowest BCUT2D eigenvalue weighted by atomic mass is 9.94. The number of benzene rings is 3. The maximum atomic E-state index is 13.5. The topological polar surface area (TPSA) is 115 Å². The lowest BCUT2D eigenvalue weighted by molar-refractivity contribution is -0.132. The van der Waals surface area contributed by atoms with E-state index in [1.54, 1.807) is 60.7 Å². The quantitative estimate of drug-likeness (QED) is 0.148. The molecule has 1 amide bonds. The number of ketones is 1. The molecule has 0 bridgehead atoms. The number of anilines is 1. The summed E-state index contributed by atoms with van der Waals surface area (Å²) in [7, 11) is 2.77. The standard InChI is InChI=1S/C29H24N2O7S/c1-4-38-20-12-13-21-22(15-20)39-29(30-21)31-24(16-8-10-17(11-9-16)28(35)37-3)23(26(33)27(31)34)25(32)18-6-5-7-19(14-18)36-2/h5-15,24,32H,4H2,1-3H3. The minimum absolute atomic E-state index is 0.103. The van der Waals surface area contributed by atoms with Gasteiger partial charge in [-0.1, -0.05) is 35.6 Å². The van der Waals surface area contributed by atoms with Crippen molar-refractivity contribution in [3.05, 3.63) is 89.0 Å². The maximum absolute atomic E-state index is 13.5. The van der Waals surface area contributed by atoms with E-state index < -0.39 is 23.7 Å². The van der Waals surface area contributed by atoms with Crippen LogP contribution in [0.1, 0.15) is 34.5 Å². The Balaban J connectivity index is 1.69. The molecule has 198 valence electrons. The van der Waals surface area contributed by atoms with Crippen LogP contribution in [0.15, 0.2) is 72.3 Å². The predicted molar refractivity (Wildman–Crippen MR) is 146 cm³/mol. The molecule has 5 rings (SSSR count). The molecule has 1 unspecified atom stereocenters. The highest BCUT2D eigenvalue weighted by Gasteiger charge is 2.48. The molecule has 0 aliphatic carbocycles. The van der Waals surface area contributed by atoms with Gasteiger partial charge >= 0.3 is 11.9 Å². The smallest absolute Gasteiger partial charge is 0.337 e. The van der Waals surface area contributed by atoms with Gasteiger partial charge in [-0.15, -0.1) is 0 Å². The fourth-order valence-electron chi connectivity index (χ4n) is 4.44. The highest BCUT2D eigenvalue weighted by Crippen LogP contribution is 2.44. The van der Waals surface area contributed by atoms with Crippen LogP contribution in [-0.2, 0) is 14.3 Å². The van der Waals surface area contributed by atoms with Crippen molar-refractivity contribution in [2.45, 2.75) is 13.0 Å². The molecule has 1 aliphatic heterocycles. The number of aliphatic hydroxyl groups excluding tert-OH is 1. The molecule has 1 fully saturated rings. The van der Waals surface area contributed by atoms with Gasteiger partial charge in [-0.25, -0.2) is 9.78 Å². The number of hydrogen-bond donors (Lipinski definition) is 1. The van der Waals surface area contributed by atoms with Gasteiger partial charge in [-0.05, 0) is 55.0 Å². The first-order valence-corrected chi connectivity index (χ1v) is 12.8. The number of rotatable bonds is 7. The van der Waals surface area contributed by atoms with E-state index in [1.165, 1.54) is 30.5 Å². The summed E-state index contributed by atoms with van der Waals surface area (Å²) in [6.07, 6.45) is 0. The number of amides is 1. The molecule has 1 aromatic heterocycles. The van der Waals surface area contributed by atoms with Crippen LogP contribution < -0.4 is 14.4 Å². The van der Waals surface area contributed by atoms with Crippen molar-refractivity contribution in [2.75, 3.05) is 25.7 Å². The van der Waals surface area contributed by atoms with E-state index in [1.807, 2.05) is 13.0 Å². The number of nitrogens with zero attached hydrogens (tertiary/aromatic N) is 2. The van der Waals surface area contributed by atoms with Gasteiger partial charge in [0.2, 0.25) is 0 Å². The minimum atomic E-state index is -1.00. The Kier molecular flexibility index (Phi) is 7.03. The molecule has 9 nitrogen and oxygen atoms in total. The average Bonchev–Trinajstić information content (AvgIpc) is 3.50. The van der Waals surface area contributed by atoms with Crippen molar-refractivity contribution in [3.8, 4) is 11.5 Å². The normalized spacial score (nSPS) is 16.5. The van der Waals surface area contributed by atoms with Crippen molar-refractivity contribution in [1.29, 1.82) is 0 Å². The Morgan fingerprint density at radius 3 is 2.46 bits per heavy atom. The lowest BCUT2D eigenvalue weighted by Crippen LogP contribution is -2.29. The molecule has 3 aromatic carbocycles. The Morgan fingerprint density at radius 1 is 1.00 bits per heavy atom. The molecule has 4 aromatic rings. The molecule has 1 saturated heterocycles. The van der Waals surface area contributed by atoms with Crippen LogP contribution >= 0.6 is 11.3 Å². The fraction of sp³-hybridized carbons (Fsp3) is 0.172. The van der Waals surface area contributed by atoms with E-state index in [4.69, 9.17) is 14.2 Å². The number of carbonyl (C=O) groups excluding carboxylic acids is 3.